The van der Waals surface area contributed by atoms with Gasteiger partial charge in [-0.1, -0.05) is 30.3 Å². The summed E-state index contributed by atoms with van der Waals surface area (Å²) in [4.78, 5) is 29.8. The topological polar surface area (TPSA) is 97.5 Å². The summed E-state index contributed by atoms with van der Waals surface area (Å²) in [6.07, 6.45) is 1.42. The fourth-order valence-corrected chi connectivity index (χ4v) is 3.50. The zero-order valence-corrected chi connectivity index (χ0v) is 17.9. The van der Waals surface area contributed by atoms with Crippen LogP contribution in [0.25, 0.3) is 22.2 Å². The van der Waals surface area contributed by atoms with Crippen LogP contribution in [-0.2, 0) is 13.1 Å². The van der Waals surface area contributed by atoms with E-state index < -0.39 is 0 Å². The summed E-state index contributed by atoms with van der Waals surface area (Å²) in [5, 5.41) is 4.76. The Kier molecular flexibility index (Phi) is 5.89. The molecule has 164 valence electrons. The predicted molar refractivity (Wildman–Crippen MR) is 120 cm³/mol. The highest BCUT2D eigenvalue weighted by atomic mass is 16.5. The molecule has 32 heavy (non-hydrogen) atoms. The Morgan fingerprint density at radius 3 is 2.31 bits per heavy atom. The van der Waals surface area contributed by atoms with Crippen molar-refractivity contribution in [2.24, 2.45) is 0 Å². The first-order chi connectivity index (χ1) is 15.6. The van der Waals surface area contributed by atoms with Crippen molar-refractivity contribution in [1.29, 1.82) is 0 Å². The van der Waals surface area contributed by atoms with E-state index in [2.05, 4.69) is 10.1 Å². The SMILES string of the molecule is COc1cc2c(=O)n(CCn3nc(-c4ccccc4)ccc3=O)cnc2c(OC)c1OC. The first-order valence-corrected chi connectivity index (χ1v) is 9.89. The van der Waals surface area contributed by atoms with Gasteiger partial charge in [0.1, 0.15) is 5.52 Å². The molecule has 0 N–H and O–H groups in total. The van der Waals surface area contributed by atoms with Crippen molar-refractivity contribution < 1.29 is 14.2 Å². The summed E-state index contributed by atoms with van der Waals surface area (Å²) in [7, 11) is 4.44. The van der Waals surface area contributed by atoms with Crippen molar-refractivity contribution >= 4 is 10.9 Å². The molecule has 0 aliphatic rings. The van der Waals surface area contributed by atoms with E-state index in [4.69, 9.17) is 14.2 Å². The van der Waals surface area contributed by atoms with Gasteiger partial charge in [-0.05, 0) is 12.1 Å². The van der Waals surface area contributed by atoms with Crippen LogP contribution in [0.4, 0.5) is 0 Å². The zero-order chi connectivity index (χ0) is 22.7. The highest BCUT2D eigenvalue weighted by molar-refractivity contribution is 5.89. The van der Waals surface area contributed by atoms with E-state index in [9.17, 15) is 9.59 Å². The minimum atomic E-state index is -0.290. The molecule has 2 aromatic carbocycles. The molecule has 0 unspecified atom stereocenters. The molecule has 2 heterocycles. The fourth-order valence-electron chi connectivity index (χ4n) is 3.50. The van der Waals surface area contributed by atoms with Gasteiger partial charge < -0.3 is 14.2 Å². The molecule has 4 rings (SSSR count). The third-order valence-electron chi connectivity index (χ3n) is 5.11. The van der Waals surface area contributed by atoms with Crippen LogP contribution in [0.5, 0.6) is 17.2 Å². The number of methoxy groups -OCH3 is 3. The van der Waals surface area contributed by atoms with Gasteiger partial charge in [0.25, 0.3) is 11.1 Å². The number of benzene rings is 2. The number of hydrogen-bond donors (Lipinski definition) is 0. The lowest BCUT2D eigenvalue weighted by molar-refractivity contribution is 0.326. The van der Waals surface area contributed by atoms with Gasteiger partial charge in [0.15, 0.2) is 11.5 Å². The number of hydrogen-bond acceptors (Lipinski definition) is 7. The molecular formula is C23H22N4O5. The maximum atomic E-state index is 13.1. The van der Waals surface area contributed by atoms with Crippen LogP contribution < -0.4 is 25.3 Å². The third-order valence-corrected chi connectivity index (χ3v) is 5.11. The molecule has 0 fully saturated rings. The van der Waals surface area contributed by atoms with E-state index in [0.717, 1.165) is 5.56 Å². The van der Waals surface area contributed by atoms with E-state index in [-0.39, 0.29) is 24.2 Å². The molecule has 0 bridgehead atoms. The van der Waals surface area contributed by atoms with Crippen LogP contribution in [0.1, 0.15) is 0 Å². The van der Waals surface area contributed by atoms with E-state index in [1.807, 2.05) is 30.3 Å². The second kappa shape index (κ2) is 8.93. The van der Waals surface area contributed by atoms with Crippen LogP contribution in [0.3, 0.4) is 0 Å². The lowest BCUT2D eigenvalue weighted by Gasteiger charge is -2.15. The van der Waals surface area contributed by atoms with Crippen molar-refractivity contribution in [3.05, 3.63) is 75.6 Å². The van der Waals surface area contributed by atoms with Crippen LogP contribution >= 0.6 is 0 Å². The van der Waals surface area contributed by atoms with Gasteiger partial charge in [-0.3, -0.25) is 14.2 Å². The Labute approximate surface area is 183 Å². The van der Waals surface area contributed by atoms with Gasteiger partial charge in [0, 0.05) is 18.2 Å². The highest BCUT2D eigenvalue weighted by Crippen LogP contribution is 2.41. The highest BCUT2D eigenvalue weighted by Gasteiger charge is 2.19. The second-order valence-corrected chi connectivity index (χ2v) is 6.93. The van der Waals surface area contributed by atoms with Crippen molar-refractivity contribution in [3.63, 3.8) is 0 Å². The van der Waals surface area contributed by atoms with Crippen LogP contribution in [0.15, 0.2) is 64.4 Å². The van der Waals surface area contributed by atoms with Crippen LogP contribution in [0, 0.1) is 0 Å². The largest absolute Gasteiger partial charge is 0.493 e. The average Bonchev–Trinajstić information content (AvgIpc) is 2.83. The molecule has 9 nitrogen and oxygen atoms in total. The molecule has 0 saturated heterocycles. The number of fused-ring (bicyclic) bond motifs is 1. The molecule has 0 radical (unpaired) electrons. The number of rotatable bonds is 7. The van der Waals surface area contributed by atoms with E-state index in [1.165, 1.54) is 43.0 Å². The van der Waals surface area contributed by atoms with Gasteiger partial charge in [-0.15, -0.1) is 0 Å². The Hall–Kier alpha value is -4.14. The lowest BCUT2D eigenvalue weighted by Crippen LogP contribution is -2.28. The normalized spacial score (nSPS) is 10.8. The van der Waals surface area contributed by atoms with Crippen molar-refractivity contribution in [1.82, 2.24) is 19.3 Å². The molecule has 0 aliphatic heterocycles. The van der Waals surface area contributed by atoms with Gasteiger partial charge in [-0.2, -0.15) is 5.10 Å². The Bertz CT molecular complexity index is 1380. The smallest absolute Gasteiger partial charge is 0.266 e. The molecular weight excluding hydrogens is 412 g/mol. The monoisotopic (exact) mass is 434 g/mol. The molecule has 9 heteroatoms. The number of aromatic nitrogens is 4. The number of aryl methyl sites for hydroxylation is 2. The quantitative estimate of drug-likeness (QED) is 0.440. The van der Waals surface area contributed by atoms with Crippen molar-refractivity contribution in [3.8, 4) is 28.5 Å². The minimum absolute atomic E-state index is 0.205. The summed E-state index contributed by atoms with van der Waals surface area (Å²) in [6.45, 7) is 0.417. The number of nitrogens with zero attached hydrogens (tertiary/aromatic N) is 4. The molecule has 0 spiro atoms. The Morgan fingerprint density at radius 1 is 0.875 bits per heavy atom. The van der Waals surface area contributed by atoms with E-state index >= 15 is 0 Å². The average molecular weight is 434 g/mol. The maximum Gasteiger partial charge on any atom is 0.266 e. The molecule has 0 amide bonds. The first kappa shape index (κ1) is 21.1. The lowest BCUT2D eigenvalue weighted by atomic mass is 10.1. The molecule has 0 atom stereocenters. The third kappa shape index (κ3) is 3.80. The van der Waals surface area contributed by atoms with Crippen molar-refractivity contribution in [2.75, 3.05) is 21.3 Å². The standard InChI is InChI=1S/C23H22N4O5/c1-30-18-13-16-20(22(32-3)21(18)31-2)24-14-26(23(16)29)11-12-27-19(28)10-9-17(25-27)15-7-5-4-6-8-15/h4-10,13-14H,11-12H2,1-3H3. The van der Waals surface area contributed by atoms with Crippen LogP contribution in [0.2, 0.25) is 0 Å². The van der Waals surface area contributed by atoms with Crippen molar-refractivity contribution in [2.45, 2.75) is 13.1 Å². The summed E-state index contributed by atoms with van der Waals surface area (Å²) in [5.41, 5.74) is 1.41. The Balaban J connectivity index is 1.70. The number of ether oxygens (including phenoxy) is 3. The summed E-state index contributed by atoms with van der Waals surface area (Å²) in [5.74, 6) is 1.04. The predicted octanol–water partition coefficient (Wildman–Crippen LogP) is 2.35. The second-order valence-electron chi connectivity index (χ2n) is 6.93. The zero-order valence-electron chi connectivity index (χ0n) is 17.9. The fraction of sp³-hybridized carbons (Fsp3) is 0.217. The minimum Gasteiger partial charge on any atom is -0.493 e. The Morgan fingerprint density at radius 2 is 1.62 bits per heavy atom. The summed E-state index contributed by atoms with van der Waals surface area (Å²) >= 11 is 0. The molecule has 0 aliphatic carbocycles. The van der Waals surface area contributed by atoms with Gasteiger partial charge >= 0.3 is 0 Å². The first-order valence-electron chi connectivity index (χ1n) is 9.89. The van der Waals surface area contributed by atoms with E-state index in [0.29, 0.717) is 33.8 Å². The molecule has 0 saturated carbocycles. The van der Waals surface area contributed by atoms with Gasteiger partial charge in [0.2, 0.25) is 5.75 Å². The summed E-state index contributed by atoms with van der Waals surface area (Å²) < 4.78 is 18.9. The maximum absolute atomic E-state index is 13.1. The molecule has 4 aromatic rings. The molecule has 2 aromatic heterocycles. The van der Waals surface area contributed by atoms with Gasteiger partial charge in [-0.25, -0.2) is 9.67 Å². The summed E-state index contributed by atoms with van der Waals surface area (Å²) in [6, 6.07) is 14.3. The van der Waals surface area contributed by atoms with Gasteiger partial charge in [0.05, 0.1) is 45.3 Å². The van der Waals surface area contributed by atoms with E-state index in [1.54, 1.807) is 12.1 Å². The van der Waals surface area contributed by atoms with Crippen LogP contribution in [-0.4, -0.2) is 40.7 Å².